The van der Waals surface area contributed by atoms with Crippen molar-refractivity contribution in [3.8, 4) is 0 Å². The minimum Gasteiger partial charge on any atom is -0.451 e. The Labute approximate surface area is 301 Å². The van der Waals surface area contributed by atoms with E-state index in [0.29, 0.717) is 5.58 Å². The molecule has 0 aliphatic carbocycles. The van der Waals surface area contributed by atoms with E-state index in [1.54, 1.807) is 26.0 Å². The van der Waals surface area contributed by atoms with Gasteiger partial charge in [-0.2, -0.15) is 0 Å². The van der Waals surface area contributed by atoms with Crippen molar-refractivity contribution in [3.63, 3.8) is 0 Å². The topological polar surface area (TPSA) is 159 Å². The molecule has 14 nitrogen and oxygen atoms in total. The zero-order valence-electron chi connectivity index (χ0n) is 30.3. The van der Waals surface area contributed by atoms with Gasteiger partial charge in [-0.15, -0.1) is 0 Å². The van der Waals surface area contributed by atoms with Gasteiger partial charge in [-0.3, -0.25) is 29.2 Å². The first-order chi connectivity index (χ1) is 24.9. The quantitative estimate of drug-likeness (QED) is 0.0937. The monoisotopic (exact) mass is 718 g/mol. The van der Waals surface area contributed by atoms with Crippen LogP contribution in [0, 0.1) is 6.92 Å². The van der Waals surface area contributed by atoms with Gasteiger partial charge in [-0.1, -0.05) is 25.5 Å². The van der Waals surface area contributed by atoms with Crippen molar-refractivity contribution < 1.29 is 47.3 Å². The number of rotatable bonds is 13. The van der Waals surface area contributed by atoms with Crippen molar-refractivity contribution in [1.29, 1.82) is 0 Å². The number of piperazine rings is 1. The van der Waals surface area contributed by atoms with Crippen LogP contribution >= 0.6 is 0 Å². The lowest BCUT2D eigenvalue weighted by molar-refractivity contribution is -0.165. The average Bonchev–Trinajstić information content (AvgIpc) is 3.71. The number of imide groups is 1. The number of carbonyl (C=O) groups excluding carboxylic acids is 5. The molecule has 1 N–H and O–H groups in total. The largest absolute Gasteiger partial charge is 0.451 e. The number of alkyl carbamates (subject to hydrolysis) is 1. The van der Waals surface area contributed by atoms with Crippen molar-refractivity contribution in [2.24, 2.45) is 0 Å². The predicted molar refractivity (Wildman–Crippen MR) is 192 cm³/mol. The average molecular weight is 719 g/mol. The number of esters is 2. The van der Waals surface area contributed by atoms with E-state index >= 15 is 0 Å². The van der Waals surface area contributed by atoms with Gasteiger partial charge >= 0.3 is 24.1 Å². The zero-order valence-corrected chi connectivity index (χ0v) is 30.3. The van der Waals surface area contributed by atoms with E-state index in [0.717, 1.165) is 85.1 Å². The van der Waals surface area contributed by atoms with Gasteiger partial charge in [0.1, 0.15) is 5.58 Å². The summed E-state index contributed by atoms with van der Waals surface area (Å²) in [6.45, 7) is 12.7. The Morgan fingerprint density at radius 2 is 1.52 bits per heavy atom. The first kappa shape index (κ1) is 37.9. The van der Waals surface area contributed by atoms with Gasteiger partial charge in [0.05, 0.1) is 5.52 Å². The Bertz CT molecular complexity index is 1920. The van der Waals surface area contributed by atoms with Gasteiger partial charge in [0.15, 0.2) is 5.76 Å². The van der Waals surface area contributed by atoms with E-state index in [9.17, 15) is 24.0 Å². The van der Waals surface area contributed by atoms with Crippen LogP contribution in [0.5, 0.6) is 0 Å². The van der Waals surface area contributed by atoms with Crippen LogP contribution in [0.4, 0.5) is 15.3 Å². The number of amides is 2. The summed E-state index contributed by atoms with van der Waals surface area (Å²) in [6.07, 6.45) is 1.14. The van der Waals surface area contributed by atoms with Crippen LogP contribution in [0.25, 0.3) is 21.9 Å². The first-order valence-electron chi connectivity index (χ1n) is 17.7. The molecule has 1 aliphatic rings. The molecule has 2 aromatic heterocycles. The maximum atomic E-state index is 13.0. The molecule has 5 rings (SSSR count). The molecule has 2 atom stereocenters. The van der Waals surface area contributed by atoms with Crippen molar-refractivity contribution in [3.05, 3.63) is 65.5 Å². The molecule has 0 bridgehead atoms. The Kier molecular flexibility index (Phi) is 12.5. The van der Waals surface area contributed by atoms with Crippen LogP contribution in [0.2, 0.25) is 0 Å². The fourth-order valence-electron chi connectivity index (χ4n) is 6.10. The number of unbranched alkanes of at least 4 members (excludes halogenated alkanes) is 1. The number of hydrogen-bond donors (Lipinski definition) is 1. The minimum atomic E-state index is -1.14. The molecule has 1 aliphatic heterocycles. The molecule has 2 amide bonds. The lowest BCUT2D eigenvalue weighted by Gasteiger charge is -2.36. The Hall–Kier alpha value is -5.37. The molecule has 278 valence electrons. The van der Waals surface area contributed by atoms with Crippen LogP contribution in [0.15, 0.2) is 53.1 Å². The summed E-state index contributed by atoms with van der Waals surface area (Å²) in [6, 6.07) is 13.2. The smallest absolute Gasteiger partial charge is 0.421 e. The number of furan rings is 1. The number of aryl methyl sites for hydroxylation is 2. The second kappa shape index (κ2) is 17.2. The van der Waals surface area contributed by atoms with Crippen LogP contribution in [-0.2, 0) is 35.0 Å². The summed E-state index contributed by atoms with van der Waals surface area (Å²) in [5.41, 5.74) is 4.44. The highest BCUT2D eigenvalue weighted by Crippen LogP contribution is 2.27. The molecule has 0 radical (unpaired) electrons. The second-order valence-electron chi connectivity index (χ2n) is 12.7. The summed E-state index contributed by atoms with van der Waals surface area (Å²) in [7, 11) is 0. The van der Waals surface area contributed by atoms with E-state index in [1.807, 2.05) is 37.4 Å². The van der Waals surface area contributed by atoms with E-state index in [1.165, 1.54) is 18.4 Å². The SMILES string of the molecule is CCC(=O)OC(C)OC(=O)NC(=O)c1cc2cc(N3CCN(CCCCc4cn(C(=O)OC(C)OC(=O)CC)c5ccc(C)cc45)CC3)ccc2o1. The molecule has 0 saturated carbocycles. The molecule has 1 saturated heterocycles. The summed E-state index contributed by atoms with van der Waals surface area (Å²) >= 11 is 0. The zero-order chi connectivity index (χ0) is 37.4. The molecular weight excluding hydrogens is 672 g/mol. The van der Waals surface area contributed by atoms with Crippen molar-refractivity contribution in [2.75, 3.05) is 37.6 Å². The molecule has 3 heterocycles. The summed E-state index contributed by atoms with van der Waals surface area (Å²) < 4.78 is 27.4. The third-order valence-electron chi connectivity index (χ3n) is 8.80. The molecular formula is C38H46N4O10. The highest BCUT2D eigenvalue weighted by atomic mass is 16.7. The van der Waals surface area contributed by atoms with Gasteiger partial charge in [0, 0.05) is 75.5 Å². The van der Waals surface area contributed by atoms with Crippen molar-refractivity contribution >= 4 is 57.6 Å². The second-order valence-corrected chi connectivity index (χ2v) is 12.7. The maximum absolute atomic E-state index is 13.0. The van der Waals surface area contributed by atoms with E-state index in [-0.39, 0.29) is 18.6 Å². The van der Waals surface area contributed by atoms with E-state index in [4.69, 9.17) is 23.4 Å². The van der Waals surface area contributed by atoms with Crippen LogP contribution in [0.1, 0.15) is 75.1 Å². The number of anilines is 1. The summed E-state index contributed by atoms with van der Waals surface area (Å²) in [5, 5.41) is 3.82. The number of ether oxygens (including phenoxy) is 4. The number of fused-ring (bicyclic) bond motifs is 2. The highest BCUT2D eigenvalue weighted by Gasteiger charge is 2.22. The lowest BCUT2D eigenvalue weighted by atomic mass is 10.1. The molecule has 2 aromatic carbocycles. The number of benzene rings is 2. The fourth-order valence-corrected chi connectivity index (χ4v) is 6.10. The lowest BCUT2D eigenvalue weighted by Crippen LogP contribution is -2.46. The summed E-state index contributed by atoms with van der Waals surface area (Å²) in [4.78, 5) is 65.4. The van der Waals surface area contributed by atoms with Crippen LogP contribution in [0.3, 0.4) is 0 Å². The van der Waals surface area contributed by atoms with Crippen LogP contribution in [-0.4, -0.2) is 84.8 Å². The number of aromatic nitrogens is 1. The van der Waals surface area contributed by atoms with Gasteiger partial charge in [-0.05, 0) is 74.7 Å². The van der Waals surface area contributed by atoms with Crippen molar-refractivity contribution in [1.82, 2.24) is 14.8 Å². The fraction of sp³-hybridized carbons (Fsp3) is 0.447. The maximum Gasteiger partial charge on any atom is 0.421 e. The van der Waals surface area contributed by atoms with Crippen LogP contribution < -0.4 is 10.2 Å². The Morgan fingerprint density at radius 1 is 0.827 bits per heavy atom. The molecule has 2 unspecified atom stereocenters. The third-order valence-corrected chi connectivity index (χ3v) is 8.80. The highest BCUT2D eigenvalue weighted by molar-refractivity contribution is 6.03. The number of nitrogens with one attached hydrogen (secondary N) is 1. The predicted octanol–water partition coefficient (Wildman–Crippen LogP) is 6.29. The Morgan fingerprint density at radius 3 is 2.21 bits per heavy atom. The number of carbonyl (C=O) groups is 5. The molecule has 52 heavy (non-hydrogen) atoms. The number of nitrogens with zero attached hydrogens (tertiary/aromatic N) is 3. The minimum absolute atomic E-state index is 0.0453. The molecule has 14 heteroatoms. The van der Waals surface area contributed by atoms with Gasteiger partial charge in [0.2, 0.25) is 12.6 Å². The summed E-state index contributed by atoms with van der Waals surface area (Å²) in [5.74, 6) is -1.78. The number of hydrogen-bond acceptors (Lipinski definition) is 12. The molecule has 1 fully saturated rings. The standard InChI is InChI=1S/C38H46N4O10/c1-6-34(43)48-25(4)50-37(46)39-36(45)33-22-28-21-29(12-14-32(28)52-33)41-18-16-40(17-19-41)15-9-8-10-27-23-42(31-13-11-24(3)20-30(27)31)38(47)51-26(5)49-35(44)7-2/h11-14,20-23,25-26H,6-10,15-19H2,1-5H3,(H,39,45,46). The van der Waals surface area contributed by atoms with Gasteiger partial charge in [0.25, 0.3) is 5.91 Å². The normalized spacial score (nSPS) is 14.5. The Balaban J connectivity index is 1.09. The third kappa shape index (κ3) is 9.69. The van der Waals surface area contributed by atoms with Gasteiger partial charge < -0.3 is 28.3 Å². The first-order valence-corrected chi connectivity index (χ1v) is 17.7. The molecule has 0 spiro atoms. The van der Waals surface area contributed by atoms with E-state index < -0.39 is 42.6 Å². The van der Waals surface area contributed by atoms with Gasteiger partial charge in [-0.25, -0.2) is 9.59 Å². The van der Waals surface area contributed by atoms with Crippen molar-refractivity contribution in [2.45, 2.75) is 79.3 Å². The van der Waals surface area contributed by atoms with E-state index in [2.05, 4.69) is 21.2 Å². The molecule has 4 aromatic rings.